The van der Waals surface area contributed by atoms with E-state index in [0.717, 1.165) is 49.0 Å². The minimum Gasteiger partial charge on any atom is -0.312 e. The Morgan fingerprint density at radius 3 is 2.52 bits per heavy atom. The van der Waals surface area contributed by atoms with Crippen LogP contribution in [0.4, 0.5) is 11.4 Å². The normalized spacial score (nSPS) is 21.1. The number of anilines is 2. The van der Waals surface area contributed by atoms with Crippen molar-refractivity contribution in [2.24, 2.45) is 0 Å². The van der Waals surface area contributed by atoms with Crippen molar-refractivity contribution in [2.45, 2.75) is 43.8 Å². The maximum absolute atomic E-state index is 12.1. The third kappa shape index (κ3) is 2.21. The summed E-state index contributed by atoms with van der Waals surface area (Å²) in [4.78, 5) is 13.9. The number of rotatable bonds is 3. The molecule has 1 aliphatic carbocycles. The Morgan fingerprint density at radius 2 is 1.81 bits per heavy atom. The van der Waals surface area contributed by atoms with Crippen LogP contribution in [0.5, 0.6) is 0 Å². The first-order valence-electron chi connectivity index (χ1n) is 7.52. The molecule has 3 aliphatic rings. The smallest absolute Gasteiger partial charge is 0.235 e. The highest BCUT2D eigenvalue weighted by Crippen LogP contribution is 2.38. The SMILES string of the molecule is O=C1CCc2cc(NS(=O)(=O)C3CC3)cc3c2N1CCC3. The number of hydrogen-bond acceptors (Lipinski definition) is 3. The molecule has 21 heavy (non-hydrogen) atoms. The van der Waals surface area contributed by atoms with Crippen molar-refractivity contribution in [2.75, 3.05) is 16.2 Å². The van der Waals surface area contributed by atoms with Gasteiger partial charge in [-0.2, -0.15) is 0 Å². The topological polar surface area (TPSA) is 66.5 Å². The lowest BCUT2D eigenvalue weighted by Gasteiger charge is -2.35. The first-order chi connectivity index (χ1) is 10.0. The van der Waals surface area contributed by atoms with Crippen molar-refractivity contribution < 1.29 is 13.2 Å². The fourth-order valence-corrected chi connectivity index (χ4v) is 4.71. The molecule has 6 heteroatoms. The van der Waals surface area contributed by atoms with Gasteiger partial charge in [0.2, 0.25) is 15.9 Å². The summed E-state index contributed by atoms with van der Waals surface area (Å²) in [5.74, 6) is 0.190. The van der Waals surface area contributed by atoms with Gasteiger partial charge in [0.05, 0.1) is 10.9 Å². The lowest BCUT2D eigenvalue weighted by Crippen LogP contribution is -2.39. The predicted molar refractivity (Wildman–Crippen MR) is 81.0 cm³/mol. The Labute approximate surface area is 124 Å². The van der Waals surface area contributed by atoms with Crippen LogP contribution in [-0.4, -0.2) is 26.1 Å². The molecule has 1 aromatic carbocycles. The first kappa shape index (κ1) is 13.1. The highest BCUT2D eigenvalue weighted by molar-refractivity contribution is 7.93. The maximum Gasteiger partial charge on any atom is 0.235 e. The van der Waals surface area contributed by atoms with Crippen LogP contribution in [0.3, 0.4) is 0 Å². The van der Waals surface area contributed by atoms with E-state index in [0.29, 0.717) is 18.5 Å². The Balaban J connectivity index is 1.74. The quantitative estimate of drug-likeness (QED) is 0.926. The minimum absolute atomic E-state index is 0.190. The number of nitrogens with zero attached hydrogens (tertiary/aromatic N) is 1. The van der Waals surface area contributed by atoms with Crippen molar-refractivity contribution in [3.8, 4) is 0 Å². The molecule has 0 spiro atoms. The first-order valence-corrected chi connectivity index (χ1v) is 9.07. The molecule has 0 atom stereocenters. The number of hydrogen-bond donors (Lipinski definition) is 1. The van der Waals surface area contributed by atoms with Crippen LogP contribution < -0.4 is 9.62 Å². The molecule has 1 fully saturated rings. The maximum atomic E-state index is 12.1. The molecule has 2 aliphatic heterocycles. The number of nitrogens with one attached hydrogen (secondary N) is 1. The van der Waals surface area contributed by atoms with Gasteiger partial charge in [0.1, 0.15) is 0 Å². The van der Waals surface area contributed by atoms with Crippen LogP contribution in [0.25, 0.3) is 0 Å². The minimum atomic E-state index is -3.23. The third-order valence-electron chi connectivity index (χ3n) is 4.50. The van der Waals surface area contributed by atoms with Gasteiger partial charge in [-0.1, -0.05) is 0 Å². The van der Waals surface area contributed by atoms with Gasteiger partial charge < -0.3 is 4.90 Å². The monoisotopic (exact) mass is 306 g/mol. The van der Waals surface area contributed by atoms with Crippen molar-refractivity contribution in [1.29, 1.82) is 0 Å². The van der Waals surface area contributed by atoms with Crippen molar-refractivity contribution in [3.63, 3.8) is 0 Å². The molecule has 1 amide bonds. The molecular formula is C15H18N2O3S. The molecule has 1 N–H and O–H groups in total. The van der Waals surface area contributed by atoms with Gasteiger partial charge in [-0.05, 0) is 55.4 Å². The Kier molecular flexibility index (Phi) is 2.79. The second-order valence-electron chi connectivity index (χ2n) is 6.14. The van der Waals surface area contributed by atoms with Gasteiger partial charge in [0.15, 0.2) is 0 Å². The number of carbonyl (C=O) groups is 1. The molecule has 1 saturated carbocycles. The van der Waals surface area contributed by atoms with E-state index in [-0.39, 0.29) is 11.2 Å². The van der Waals surface area contributed by atoms with Gasteiger partial charge in [-0.15, -0.1) is 0 Å². The zero-order chi connectivity index (χ0) is 14.6. The van der Waals surface area contributed by atoms with E-state index >= 15 is 0 Å². The number of amides is 1. The lowest BCUT2D eigenvalue weighted by atomic mass is 9.91. The molecule has 112 valence electrons. The molecule has 4 rings (SSSR count). The van der Waals surface area contributed by atoms with E-state index in [1.807, 2.05) is 17.0 Å². The standard InChI is InChI=1S/C15H18N2O3S/c18-14-6-3-11-9-12(16-21(19,20)13-4-5-13)8-10-2-1-7-17(14)15(10)11/h8-9,13,16H,1-7H2. The molecule has 1 aromatic rings. The van der Waals surface area contributed by atoms with Crippen LogP contribution in [0.1, 0.15) is 36.8 Å². The summed E-state index contributed by atoms with van der Waals surface area (Å²) in [6, 6.07) is 3.81. The average molecular weight is 306 g/mol. The number of aryl methyl sites for hydroxylation is 2. The largest absolute Gasteiger partial charge is 0.312 e. The predicted octanol–water partition coefficient (Wildman–Crippen LogP) is 1.82. The fraction of sp³-hybridized carbons (Fsp3) is 0.533. The van der Waals surface area contributed by atoms with E-state index < -0.39 is 10.0 Å². The van der Waals surface area contributed by atoms with Gasteiger partial charge in [0.25, 0.3) is 0 Å². The molecule has 0 bridgehead atoms. The Morgan fingerprint density at radius 1 is 1.10 bits per heavy atom. The summed E-state index contributed by atoms with van der Waals surface area (Å²) < 4.78 is 26.9. The van der Waals surface area contributed by atoms with Crippen LogP contribution in [0.15, 0.2) is 12.1 Å². The number of benzene rings is 1. The van der Waals surface area contributed by atoms with Crippen LogP contribution in [0, 0.1) is 0 Å². The number of carbonyl (C=O) groups excluding carboxylic acids is 1. The average Bonchev–Trinajstić information content (AvgIpc) is 3.27. The summed E-state index contributed by atoms with van der Waals surface area (Å²) in [6.45, 7) is 0.784. The second kappa shape index (κ2) is 4.47. The van der Waals surface area contributed by atoms with Crippen molar-refractivity contribution in [1.82, 2.24) is 0 Å². The summed E-state index contributed by atoms with van der Waals surface area (Å²) in [7, 11) is -3.23. The molecule has 0 saturated heterocycles. The molecule has 2 heterocycles. The third-order valence-corrected chi connectivity index (χ3v) is 6.37. The lowest BCUT2D eigenvalue weighted by molar-refractivity contribution is -0.119. The van der Waals surface area contributed by atoms with Crippen LogP contribution >= 0.6 is 0 Å². The van der Waals surface area contributed by atoms with Crippen LogP contribution in [0.2, 0.25) is 0 Å². The zero-order valence-electron chi connectivity index (χ0n) is 11.8. The molecule has 0 aromatic heterocycles. The van der Waals surface area contributed by atoms with Gasteiger partial charge in [-0.3, -0.25) is 9.52 Å². The summed E-state index contributed by atoms with van der Waals surface area (Å²) in [6.07, 6.45) is 4.59. The van der Waals surface area contributed by atoms with Crippen LogP contribution in [-0.2, 0) is 27.7 Å². The molecule has 5 nitrogen and oxygen atoms in total. The van der Waals surface area contributed by atoms with Crippen molar-refractivity contribution in [3.05, 3.63) is 23.3 Å². The summed E-state index contributed by atoms with van der Waals surface area (Å²) in [5, 5.41) is -0.219. The van der Waals surface area contributed by atoms with Crippen molar-refractivity contribution >= 4 is 27.3 Å². The molecule has 0 radical (unpaired) electrons. The van der Waals surface area contributed by atoms with Gasteiger partial charge in [0, 0.05) is 18.7 Å². The second-order valence-corrected chi connectivity index (χ2v) is 8.10. The van der Waals surface area contributed by atoms with E-state index in [1.165, 1.54) is 0 Å². The highest BCUT2D eigenvalue weighted by atomic mass is 32.2. The van der Waals surface area contributed by atoms with E-state index in [9.17, 15) is 13.2 Å². The number of sulfonamides is 1. The van der Waals surface area contributed by atoms with E-state index in [2.05, 4.69) is 4.72 Å². The Bertz CT molecular complexity index is 705. The fourth-order valence-electron chi connectivity index (χ4n) is 3.34. The van der Waals surface area contributed by atoms with E-state index in [1.54, 1.807) is 0 Å². The van der Waals surface area contributed by atoms with Gasteiger partial charge >= 0.3 is 0 Å². The zero-order valence-corrected chi connectivity index (χ0v) is 12.6. The Hall–Kier alpha value is -1.56. The summed E-state index contributed by atoms with van der Waals surface area (Å²) in [5.41, 5.74) is 3.89. The van der Waals surface area contributed by atoms with E-state index in [4.69, 9.17) is 0 Å². The highest BCUT2D eigenvalue weighted by Gasteiger charge is 2.36. The summed E-state index contributed by atoms with van der Waals surface area (Å²) >= 11 is 0. The molecular weight excluding hydrogens is 288 g/mol. The molecule has 0 unspecified atom stereocenters. The van der Waals surface area contributed by atoms with Gasteiger partial charge in [-0.25, -0.2) is 8.42 Å².